The van der Waals surface area contributed by atoms with E-state index in [2.05, 4.69) is 23.1 Å². The van der Waals surface area contributed by atoms with Gasteiger partial charge in [-0.15, -0.1) is 0 Å². The van der Waals surface area contributed by atoms with Crippen LogP contribution in [0.2, 0.25) is 0 Å². The van der Waals surface area contributed by atoms with Gasteiger partial charge >= 0.3 is 0 Å². The van der Waals surface area contributed by atoms with Gasteiger partial charge in [0, 0.05) is 36.5 Å². The molecule has 3 aliphatic heterocycles. The van der Waals surface area contributed by atoms with Gasteiger partial charge in [0.2, 0.25) is 0 Å². The van der Waals surface area contributed by atoms with Crippen LogP contribution in [-0.2, 0) is 9.53 Å². The highest BCUT2D eigenvalue weighted by molar-refractivity contribution is 8.26. The van der Waals surface area contributed by atoms with E-state index in [1.807, 2.05) is 61.5 Å². The number of hydrogen-bond donors (Lipinski definition) is 0. The van der Waals surface area contributed by atoms with Crippen molar-refractivity contribution in [2.45, 2.75) is 26.2 Å². The minimum absolute atomic E-state index is 0.121. The number of nitriles is 1. The van der Waals surface area contributed by atoms with Gasteiger partial charge in [0.1, 0.15) is 21.9 Å². The van der Waals surface area contributed by atoms with Gasteiger partial charge in [0.15, 0.2) is 0 Å². The Morgan fingerprint density at radius 2 is 1.81 bits per heavy atom. The van der Waals surface area contributed by atoms with Crippen LogP contribution in [0.3, 0.4) is 0 Å². The summed E-state index contributed by atoms with van der Waals surface area (Å²) < 4.78 is 6.78. The van der Waals surface area contributed by atoms with Crippen molar-refractivity contribution in [2.75, 3.05) is 24.5 Å². The predicted octanol–water partition coefficient (Wildman–Crippen LogP) is 6.67. The number of piperidine rings is 1. The Balaban J connectivity index is 1.51. The van der Waals surface area contributed by atoms with E-state index >= 15 is 0 Å². The molecule has 2 saturated heterocycles. The highest BCUT2D eigenvalue weighted by atomic mass is 32.2. The van der Waals surface area contributed by atoms with Gasteiger partial charge < -0.3 is 9.64 Å². The van der Waals surface area contributed by atoms with E-state index in [0.717, 1.165) is 24.2 Å². The fraction of sp³-hybridized carbons (Fsp3) is 0.233. The van der Waals surface area contributed by atoms with E-state index in [0.29, 0.717) is 38.4 Å². The third kappa shape index (κ3) is 5.41. The summed E-state index contributed by atoms with van der Waals surface area (Å²) in [6, 6.07) is 20.3. The molecular weight excluding hydrogens is 498 g/mol. The first-order valence-corrected chi connectivity index (χ1v) is 13.7. The number of likely N-dealkylation sites (N-methyl/N-ethyl adjacent to an activating group) is 1. The molecule has 0 aliphatic carbocycles. The second-order valence-corrected chi connectivity index (χ2v) is 10.6. The van der Waals surface area contributed by atoms with Crippen molar-refractivity contribution < 1.29 is 9.53 Å². The van der Waals surface area contributed by atoms with Crippen LogP contribution in [0.15, 0.2) is 88.6 Å². The summed E-state index contributed by atoms with van der Waals surface area (Å²) in [7, 11) is 0. The number of hydrogen-bond acceptors (Lipinski definition) is 6. The fourth-order valence-corrected chi connectivity index (χ4v) is 6.01. The van der Waals surface area contributed by atoms with Crippen LogP contribution in [0.4, 0.5) is 5.69 Å². The number of benzene rings is 2. The molecule has 7 heteroatoms. The monoisotopic (exact) mass is 525 g/mol. The molecule has 0 aromatic heterocycles. The average molecular weight is 526 g/mol. The lowest BCUT2D eigenvalue weighted by Gasteiger charge is -2.28. The van der Waals surface area contributed by atoms with Crippen molar-refractivity contribution in [3.05, 3.63) is 99.7 Å². The van der Waals surface area contributed by atoms with E-state index in [9.17, 15) is 10.1 Å². The Hall–Kier alpha value is -3.60. The van der Waals surface area contributed by atoms with Gasteiger partial charge in [-0.1, -0.05) is 66.4 Å². The van der Waals surface area contributed by atoms with Gasteiger partial charge in [-0.05, 0) is 62.1 Å². The lowest BCUT2D eigenvalue weighted by atomic mass is 10.0. The molecule has 2 aromatic carbocycles. The summed E-state index contributed by atoms with van der Waals surface area (Å²) in [4.78, 5) is 17.6. The van der Waals surface area contributed by atoms with Crippen molar-refractivity contribution in [3.8, 4) is 6.07 Å². The van der Waals surface area contributed by atoms with E-state index < -0.39 is 0 Å². The molecule has 2 aromatic rings. The lowest BCUT2D eigenvalue weighted by Crippen LogP contribution is -2.29. The summed E-state index contributed by atoms with van der Waals surface area (Å²) in [5.74, 6) is 0.863. The zero-order chi connectivity index (χ0) is 25.8. The molecule has 0 spiro atoms. The summed E-state index contributed by atoms with van der Waals surface area (Å²) in [6.45, 7) is 4.59. The van der Waals surface area contributed by atoms with Crippen molar-refractivity contribution in [3.63, 3.8) is 0 Å². The average Bonchev–Trinajstić information content (AvgIpc) is 3.25. The molecule has 2 fully saturated rings. The molecule has 37 heavy (non-hydrogen) atoms. The standard InChI is InChI=1S/C30H27N3O2S2/c1-2-33-29(34)28(37-30(33)36)23-18-26(22-9-5-3-6-10-22)35-27(19-23)24(20-31)17-21-11-13-25(14-12-21)32-15-7-4-8-16-32/h3,5-6,9-14,17-19H,2,4,7-8,15-16H2,1H3. The molecule has 0 unspecified atom stereocenters. The van der Waals surface area contributed by atoms with Crippen molar-refractivity contribution >= 4 is 51.7 Å². The van der Waals surface area contributed by atoms with Gasteiger partial charge in [-0.25, -0.2) is 0 Å². The number of nitrogens with zero attached hydrogens (tertiary/aromatic N) is 3. The molecule has 186 valence electrons. The first-order chi connectivity index (χ1) is 18.1. The van der Waals surface area contributed by atoms with Crippen LogP contribution in [0, 0.1) is 11.3 Å². The van der Waals surface area contributed by atoms with Gasteiger partial charge in [-0.2, -0.15) is 5.26 Å². The number of thioether (sulfide) groups is 1. The van der Waals surface area contributed by atoms with Crippen LogP contribution < -0.4 is 4.90 Å². The number of rotatable bonds is 5. The zero-order valence-electron chi connectivity index (χ0n) is 20.6. The predicted molar refractivity (Wildman–Crippen MR) is 154 cm³/mol. The first kappa shape index (κ1) is 25.1. The minimum atomic E-state index is -0.121. The highest BCUT2D eigenvalue weighted by Gasteiger charge is 2.33. The van der Waals surface area contributed by atoms with Crippen molar-refractivity contribution in [2.24, 2.45) is 0 Å². The minimum Gasteiger partial charge on any atom is -0.455 e. The summed E-state index contributed by atoms with van der Waals surface area (Å²) in [5.41, 5.74) is 4.06. The third-order valence-electron chi connectivity index (χ3n) is 6.59. The molecule has 5 rings (SSSR count). The molecule has 0 atom stereocenters. The van der Waals surface area contributed by atoms with Crippen molar-refractivity contribution in [1.29, 1.82) is 5.26 Å². The second-order valence-electron chi connectivity index (χ2n) is 9.00. The van der Waals surface area contributed by atoms with Crippen LogP contribution in [0.25, 0.3) is 11.8 Å². The topological polar surface area (TPSA) is 56.6 Å². The number of anilines is 1. The zero-order valence-corrected chi connectivity index (χ0v) is 22.3. The lowest BCUT2D eigenvalue weighted by molar-refractivity contribution is -0.122. The molecule has 5 nitrogen and oxygen atoms in total. The van der Waals surface area contributed by atoms with Crippen LogP contribution in [0.5, 0.6) is 0 Å². The maximum Gasteiger partial charge on any atom is 0.266 e. The molecule has 0 N–H and O–H groups in total. The third-order valence-corrected chi connectivity index (χ3v) is 8.07. The largest absolute Gasteiger partial charge is 0.455 e. The Morgan fingerprint density at radius 1 is 1.08 bits per heavy atom. The summed E-state index contributed by atoms with van der Waals surface area (Å²) >= 11 is 6.71. The van der Waals surface area contributed by atoms with Crippen molar-refractivity contribution in [1.82, 2.24) is 4.90 Å². The van der Waals surface area contributed by atoms with E-state index in [1.54, 1.807) is 11.0 Å². The molecule has 1 amide bonds. The molecule has 0 radical (unpaired) electrons. The first-order valence-electron chi connectivity index (χ1n) is 12.5. The summed E-state index contributed by atoms with van der Waals surface area (Å²) in [5, 5.41) is 10.1. The van der Waals surface area contributed by atoms with Gasteiger partial charge in [0.25, 0.3) is 5.91 Å². The van der Waals surface area contributed by atoms with E-state index in [-0.39, 0.29) is 5.91 Å². The Labute approximate surface area is 227 Å². The number of carbonyl (C=O) groups excluding carboxylic acids is 1. The van der Waals surface area contributed by atoms with Crippen LogP contribution in [0.1, 0.15) is 37.3 Å². The Kier molecular flexibility index (Phi) is 7.59. The molecular formula is C30H27N3O2S2. The molecule has 3 heterocycles. The summed E-state index contributed by atoms with van der Waals surface area (Å²) in [6.07, 6.45) is 9.19. The molecule has 3 aliphatic rings. The normalized spacial score (nSPS) is 20.4. The maximum absolute atomic E-state index is 13.1. The number of carbonyl (C=O) groups is 1. The highest BCUT2D eigenvalue weighted by Crippen LogP contribution is 2.39. The second kappa shape index (κ2) is 11.2. The SMILES string of the molecule is CCN1C(=O)C(=C2C=C(C(C#N)=Cc3ccc(N4CCCCC4)cc3)OC(c3ccccc3)=C2)SC1=S. The fourth-order valence-electron chi connectivity index (χ4n) is 4.62. The Bertz CT molecular complexity index is 1380. The maximum atomic E-state index is 13.1. The molecule has 0 saturated carbocycles. The number of thiocarbonyl (C=S) groups is 1. The van der Waals surface area contributed by atoms with Gasteiger partial charge in [-0.3, -0.25) is 9.69 Å². The Morgan fingerprint density at radius 3 is 2.46 bits per heavy atom. The molecule has 0 bridgehead atoms. The van der Waals surface area contributed by atoms with E-state index in [1.165, 1.54) is 36.7 Å². The number of allylic oxidation sites excluding steroid dienone is 4. The van der Waals surface area contributed by atoms with Gasteiger partial charge in [0.05, 0.1) is 10.5 Å². The number of ether oxygens (including phenoxy) is 1. The smallest absolute Gasteiger partial charge is 0.266 e. The quantitative estimate of drug-likeness (QED) is 0.247. The van der Waals surface area contributed by atoms with E-state index in [4.69, 9.17) is 17.0 Å². The number of amides is 1. The van der Waals surface area contributed by atoms with Crippen LogP contribution >= 0.6 is 24.0 Å². The van der Waals surface area contributed by atoms with Crippen LogP contribution in [-0.4, -0.2) is 34.8 Å².